The molecular formula is C15H20N2O3. The molecule has 0 radical (unpaired) electrons. The van der Waals surface area contributed by atoms with Gasteiger partial charge in [0.2, 0.25) is 11.8 Å². The molecule has 1 aromatic carbocycles. The summed E-state index contributed by atoms with van der Waals surface area (Å²) in [4.78, 5) is 25.9. The molecule has 2 amide bonds. The van der Waals surface area contributed by atoms with Crippen LogP contribution in [0.5, 0.6) is 0 Å². The maximum atomic E-state index is 12.4. The highest BCUT2D eigenvalue weighted by Gasteiger charge is 2.36. The summed E-state index contributed by atoms with van der Waals surface area (Å²) in [7, 11) is 0. The third-order valence-corrected chi connectivity index (χ3v) is 3.86. The molecule has 1 aliphatic heterocycles. The molecule has 0 unspecified atom stereocenters. The second-order valence-electron chi connectivity index (χ2n) is 5.16. The number of benzene rings is 1. The van der Waals surface area contributed by atoms with Crippen LogP contribution in [0.1, 0.15) is 25.8 Å². The summed E-state index contributed by atoms with van der Waals surface area (Å²) in [6, 6.07) is 6.88. The molecule has 0 fully saturated rings. The fraction of sp³-hybridized carbons (Fsp3) is 0.467. The molecule has 20 heavy (non-hydrogen) atoms. The van der Waals surface area contributed by atoms with Crippen LogP contribution in [0.3, 0.4) is 0 Å². The molecule has 1 aromatic rings. The highest BCUT2D eigenvalue weighted by atomic mass is 16.3. The van der Waals surface area contributed by atoms with Crippen molar-refractivity contribution in [3.63, 3.8) is 0 Å². The molecule has 0 saturated carbocycles. The number of hydrogen-bond acceptors (Lipinski definition) is 3. The van der Waals surface area contributed by atoms with Gasteiger partial charge >= 0.3 is 0 Å². The first-order chi connectivity index (χ1) is 9.58. The van der Waals surface area contributed by atoms with Crippen LogP contribution in [0.15, 0.2) is 24.3 Å². The van der Waals surface area contributed by atoms with Gasteiger partial charge < -0.3 is 15.3 Å². The number of anilines is 1. The lowest BCUT2D eigenvalue weighted by atomic mass is 9.96. The van der Waals surface area contributed by atoms with E-state index in [0.29, 0.717) is 6.54 Å². The Morgan fingerprint density at radius 1 is 1.50 bits per heavy atom. The Morgan fingerprint density at radius 2 is 2.20 bits per heavy atom. The topological polar surface area (TPSA) is 69.6 Å². The number of carbonyl (C=O) groups excluding carboxylic acids is 2. The van der Waals surface area contributed by atoms with Crippen molar-refractivity contribution in [1.29, 1.82) is 0 Å². The molecular weight excluding hydrogens is 256 g/mol. The Hall–Kier alpha value is -1.88. The smallest absolute Gasteiger partial charge is 0.249 e. The largest absolute Gasteiger partial charge is 0.387 e. The van der Waals surface area contributed by atoms with Gasteiger partial charge in [-0.1, -0.05) is 38.5 Å². The van der Waals surface area contributed by atoms with E-state index in [-0.39, 0.29) is 11.8 Å². The summed E-state index contributed by atoms with van der Waals surface area (Å²) in [5.41, 5.74) is 1.62. The number of aliphatic hydroxyl groups excluding tert-OH is 1. The third kappa shape index (κ3) is 2.67. The quantitative estimate of drug-likeness (QED) is 0.876. The van der Waals surface area contributed by atoms with Gasteiger partial charge in [0.05, 0.1) is 0 Å². The number of amides is 2. The number of para-hydroxylation sites is 1. The molecule has 0 spiro atoms. The summed E-state index contributed by atoms with van der Waals surface area (Å²) >= 11 is 0. The Balaban J connectivity index is 2.42. The van der Waals surface area contributed by atoms with Crippen LogP contribution in [0.2, 0.25) is 0 Å². The maximum Gasteiger partial charge on any atom is 0.249 e. The molecule has 1 heterocycles. The molecule has 5 nitrogen and oxygen atoms in total. The standard InChI is InChI=1S/C15H20N2O3/c1-3-10(2)14-15(20)16-12-7-5-4-6-11(12)8-17(14)13(19)9-18/h4-7,10,14,18H,3,8-9H2,1-2H3,(H,16,20)/t10-,14-/m0/s1. The molecule has 2 N–H and O–H groups in total. The Morgan fingerprint density at radius 3 is 2.85 bits per heavy atom. The first-order valence-electron chi connectivity index (χ1n) is 6.87. The van der Waals surface area contributed by atoms with Gasteiger partial charge in [-0.15, -0.1) is 0 Å². The summed E-state index contributed by atoms with van der Waals surface area (Å²) in [6.45, 7) is 3.68. The molecule has 0 aromatic heterocycles. The predicted molar refractivity (Wildman–Crippen MR) is 76.0 cm³/mol. The summed E-state index contributed by atoms with van der Waals surface area (Å²) in [6.07, 6.45) is 0.781. The van der Waals surface area contributed by atoms with Crippen LogP contribution in [0.4, 0.5) is 5.69 Å². The monoisotopic (exact) mass is 276 g/mol. The van der Waals surface area contributed by atoms with E-state index in [0.717, 1.165) is 17.7 Å². The zero-order chi connectivity index (χ0) is 14.7. The van der Waals surface area contributed by atoms with E-state index >= 15 is 0 Å². The zero-order valence-electron chi connectivity index (χ0n) is 11.8. The van der Waals surface area contributed by atoms with Crippen molar-refractivity contribution in [2.24, 2.45) is 5.92 Å². The normalized spacial score (nSPS) is 19.9. The molecule has 1 aliphatic rings. The molecule has 2 rings (SSSR count). The molecule has 0 bridgehead atoms. The van der Waals surface area contributed by atoms with Gasteiger partial charge in [-0.2, -0.15) is 0 Å². The summed E-state index contributed by atoms with van der Waals surface area (Å²) < 4.78 is 0. The van der Waals surface area contributed by atoms with Crippen LogP contribution in [0, 0.1) is 5.92 Å². The minimum atomic E-state index is -0.581. The second-order valence-corrected chi connectivity index (χ2v) is 5.16. The highest BCUT2D eigenvalue weighted by molar-refractivity contribution is 5.99. The number of nitrogens with zero attached hydrogens (tertiary/aromatic N) is 1. The van der Waals surface area contributed by atoms with E-state index in [2.05, 4.69) is 5.32 Å². The second kappa shape index (κ2) is 6.05. The van der Waals surface area contributed by atoms with Crippen LogP contribution in [0.25, 0.3) is 0 Å². The molecule has 0 aliphatic carbocycles. The minimum Gasteiger partial charge on any atom is -0.387 e. The van der Waals surface area contributed by atoms with E-state index in [1.54, 1.807) is 0 Å². The van der Waals surface area contributed by atoms with Crippen molar-refractivity contribution in [3.05, 3.63) is 29.8 Å². The van der Waals surface area contributed by atoms with Gasteiger partial charge in [-0.3, -0.25) is 9.59 Å². The summed E-state index contributed by atoms with van der Waals surface area (Å²) in [5.74, 6) is -0.576. The van der Waals surface area contributed by atoms with Gasteiger partial charge in [0.1, 0.15) is 12.6 Å². The zero-order valence-corrected chi connectivity index (χ0v) is 11.8. The SMILES string of the molecule is CC[C@H](C)[C@H]1C(=O)Nc2ccccc2CN1C(=O)CO. The highest BCUT2D eigenvalue weighted by Crippen LogP contribution is 2.27. The number of carbonyl (C=O) groups is 2. The minimum absolute atomic E-state index is 0.0276. The molecule has 0 saturated heterocycles. The Labute approximate surface area is 118 Å². The number of aliphatic hydroxyl groups is 1. The van der Waals surface area contributed by atoms with E-state index in [4.69, 9.17) is 5.11 Å². The van der Waals surface area contributed by atoms with Crippen molar-refractivity contribution in [3.8, 4) is 0 Å². The van der Waals surface area contributed by atoms with E-state index in [1.165, 1.54) is 4.90 Å². The van der Waals surface area contributed by atoms with Gasteiger partial charge in [-0.25, -0.2) is 0 Å². The lowest BCUT2D eigenvalue weighted by Crippen LogP contribution is -2.49. The first kappa shape index (κ1) is 14.5. The van der Waals surface area contributed by atoms with Crippen molar-refractivity contribution in [2.75, 3.05) is 11.9 Å². The van der Waals surface area contributed by atoms with Gasteiger partial charge in [-0.05, 0) is 17.5 Å². The van der Waals surface area contributed by atoms with Crippen molar-refractivity contribution in [1.82, 2.24) is 4.90 Å². The van der Waals surface area contributed by atoms with Crippen molar-refractivity contribution >= 4 is 17.5 Å². The fourth-order valence-corrected chi connectivity index (χ4v) is 2.53. The van der Waals surface area contributed by atoms with Gasteiger partial charge in [0.25, 0.3) is 0 Å². The number of fused-ring (bicyclic) bond motifs is 1. The van der Waals surface area contributed by atoms with Crippen LogP contribution < -0.4 is 5.32 Å². The first-order valence-corrected chi connectivity index (χ1v) is 6.87. The van der Waals surface area contributed by atoms with Gasteiger partial charge in [0, 0.05) is 12.2 Å². The lowest BCUT2D eigenvalue weighted by molar-refractivity contribution is -0.143. The van der Waals surface area contributed by atoms with E-state index in [1.807, 2.05) is 38.1 Å². The number of nitrogens with one attached hydrogen (secondary N) is 1. The van der Waals surface area contributed by atoms with Gasteiger partial charge in [0.15, 0.2) is 0 Å². The van der Waals surface area contributed by atoms with Crippen LogP contribution in [-0.2, 0) is 16.1 Å². The molecule has 5 heteroatoms. The lowest BCUT2D eigenvalue weighted by Gasteiger charge is -2.31. The predicted octanol–water partition coefficient (Wildman–Crippen LogP) is 1.37. The molecule has 108 valence electrons. The molecule has 2 atom stereocenters. The van der Waals surface area contributed by atoms with Crippen LogP contribution in [-0.4, -0.2) is 34.5 Å². The Bertz CT molecular complexity index is 516. The summed E-state index contributed by atoms with van der Waals surface area (Å²) in [5, 5.41) is 12.0. The van der Waals surface area contributed by atoms with Crippen LogP contribution >= 0.6 is 0 Å². The third-order valence-electron chi connectivity index (χ3n) is 3.86. The van der Waals surface area contributed by atoms with E-state index < -0.39 is 18.6 Å². The van der Waals surface area contributed by atoms with Crippen molar-refractivity contribution < 1.29 is 14.7 Å². The number of hydrogen-bond donors (Lipinski definition) is 2. The van der Waals surface area contributed by atoms with E-state index in [9.17, 15) is 9.59 Å². The Kier molecular flexibility index (Phi) is 4.39. The fourth-order valence-electron chi connectivity index (χ4n) is 2.53. The average Bonchev–Trinajstić information content (AvgIpc) is 2.61. The van der Waals surface area contributed by atoms with Crippen molar-refractivity contribution in [2.45, 2.75) is 32.9 Å². The number of rotatable bonds is 3. The maximum absolute atomic E-state index is 12.4. The average molecular weight is 276 g/mol.